The molecule has 0 radical (unpaired) electrons. The molecule has 0 saturated carbocycles. The molecule has 4 heteroatoms. The number of hydrogen-bond acceptors (Lipinski definition) is 4. The van der Waals surface area contributed by atoms with Crippen LogP contribution in [0.5, 0.6) is 0 Å². The molecule has 14 heavy (non-hydrogen) atoms. The summed E-state index contributed by atoms with van der Waals surface area (Å²) in [7, 11) is 0. The fourth-order valence-corrected chi connectivity index (χ4v) is 1.90. The van der Waals surface area contributed by atoms with Crippen molar-refractivity contribution in [2.45, 2.75) is 13.8 Å². The molecule has 0 aliphatic carbocycles. The molecule has 0 aromatic rings. The minimum atomic E-state index is 0.737. The zero-order chi connectivity index (χ0) is 10.5. The normalized spacial score (nSPS) is 10.7. The van der Waals surface area contributed by atoms with E-state index in [-0.39, 0.29) is 0 Å². The van der Waals surface area contributed by atoms with Gasteiger partial charge in [0.15, 0.2) is 0 Å². The van der Waals surface area contributed by atoms with E-state index >= 15 is 0 Å². The topological polar surface area (TPSA) is 18.5 Å². The van der Waals surface area contributed by atoms with E-state index in [0.717, 1.165) is 37.9 Å². The highest BCUT2D eigenvalue weighted by Gasteiger charge is 1.90. The summed E-state index contributed by atoms with van der Waals surface area (Å²) in [6.45, 7) is 7.51. The fourth-order valence-electron chi connectivity index (χ4n) is 0.846. The molecule has 0 unspecified atom stereocenters. The van der Waals surface area contributed by atoms with Gasteiger partial charge in [0, 0.05) is 11.5 Å². The Labute approximate surface area is 96.5 Å². The predicted molar refractivity (Wildman–Crippen MR) is 67.6 cm³/mol. The van der Waals surface area contributed by atoms with Crippen molar-refractivity contribution in [2.75, 3.05) is 49.4 Å². The van der Waals surface area contributed by atoms with Crippen molar-refractivity contribution in [1.82, 2.24) is 0 Å². The first kappa shape index (κ1) is 14.6. The van der Waals surface area contributed by atoms with E-state index in [9.17, 15) is 0 Å². The molecule has 0 atom stereocenters. The van der Waals surface area contributed by atoms with Gasteiger partial charge in [-0.3, -0.25) is 0 Å². The summed E-state index contributed by atoms with van der Waals surface area (Å²) in [5, 5.41) is 0. The maximum Gasteiger partial charge on any atom is 0.0700 e. The molecule has 0 fully saturated rings. The standard InChI is InChI=1S/C10H22O2S2/c1-3-13-9-7-11-5-6-12-8-10-14-4-2/h3-10H2,1-2H3. The SMILES string of the molecule is CCSCCOCCOCCSCC. The third kappa shape index (κ3) is 12.6. The summed E-state index contributed by atoms with van der Waals surface area (Å²) in [4.78, 5) is 0. The third-order valence-electron chi connectivity index (χ3n) is 1.52. The third-order valence-corrected chi connectivity index (χ3v) is 3.25. The van der Waals surface area contributed by atoms with Crippen LogP contribution in [0.2, 0.25) is 0 Å². The maximum absolute atomic E-state index is 5.39. The molecule has 0 heterocycles. The largest absolute Gasteiger partial charge is 0.378 e. The molecule has 86 valence electrons. The summed E-state index contributed by atoms with van der Waals surface area (Å²) < 4.78 is 10.8. The molecular weight excluding hydrogens is 216 g/mol. The molecule has 0 N–H and O–H groups in total. The van der Waals surface area contributed by atoms with Crippen LogP contribution in [0.25, 0.3) is 0 Å². The molecule has 0 spiro atoms. The van der Waals surface area contributed by atoms with Gasteiger partial charge < -0.3 is 9.47 Å². The van der Waals surface area contributed by atoms with Crippen molar-refractivity contribution < 1.29 is 9.47 Å². The highest BCUT2D eigenvalue weighted by Crippen LogP contribution is 1.98. The van der Waals surface area contributed by atoms with E-state index < -0.39 is 0 Å². The molecule has 0 saturated heterocycles. The summed E-state index contributed by atoms with van der Waals surface area (Å²) in [5.74, 6) is 4.55. The molecular formula is C10H22O2S2. The quantitative estimate of drug-likeness (QED) is 0.515. The van der Waals surface area contributed by atoms with Crippen LogP contribution in [0.3, 0.4) is 0 Å². The van der Waals surface area contributed by atoms with Gasteiger partial charge in [0.05, 0.1) is 26.4 Å². The number of ether oxygens (including phenoxy) is 2. The van der Waals surface area contributed by atoms with Crippen LogP contribution < -0.4 is 0 Å². The van der Waals surface area contributed by atoms with Crippen molar-refractivity contribution in [1.29, 1.82) is 0 Å². The Kier molecular flexibility index (Phi) is 14.2. The van der Waals surface area contributed by atoms with Gasteiger partial charge in [-0.15, -0.1) is 0 Å². The molecule has 0 bridgehead atoms. The van der Waals surface area contributed by atoms with Crippen molar-refractivity contribution in [3.63, 3.8) is 0 Å². The Morgan fingerprint density at radius 2 is 1.14 bits per heavy atom. The van der Waals surface area contributed by atoms with E-state index in [1.807, 2.05) is 23.5 Å². The highest BCUT2D eigenvalue weighted by atomic mass is 32.2. The maximum atomic E-state index is 5.39. The van der Waals surface area contributed by atoms with Gasteiger partial charge in [0.2, 0.25) is 0 Å². The van der Waals surface area contributed by atoms with Gasteiger partial charge in [0.1, 0.15) is 0 Å². The smallest absolute Gasteiger partial charge is 0.0700 e. The van der Waals surface area contributed by atoms with Crippen molar-refractivity contribution >= 4 is 23.5 Å². The van der Waals surface area contributed by atoms with Crippen LogP contribution in [0.1, 0.15) is 13.8 Å². The van der Waals surface area contributed by atoms with E-state index in [1.54, 1.807) is 0 Å². The summed E-state index contributed by atoms with van der Waals surface area (Å²) in [5.41, 5.74) is 0. The minimum absolute atomic E-state index is 0.737. The first-order valence-electron chi connectivity index (χ1n) is 5.22. The van der Waals surface area contributed by atoms with Crippen LogP contribution in [-0.4, -0.2) is 49.4 Å². The van der Waals surface area contributed by atoms with Crippen molar-refractivity contribution in [3.05, 3.63) is 0 Å². The van der Waals surface area contributed by atoms with E-state index in [0.29, 0.717) is 0 Å². The second-order valence-electron chi connectivity index (χ2n) is 2.62. The van der Waals surface area contributed by atoms with Crippen LogP contribution >= 0.6 is 23.5 Å². The molecule has 0 aliphatic heterocycles. The van der Waals surface area contributed by atoms with Crippen LogP contribution in [0, 0.1) is 0 Å². The monoisotopic (exact) mass is 238 g/mol. The predicted octanol–water partition coefficient (Wildman–Crippen LogP) is 2.53. The Morgan fingerprint density at radius 1 is 0.714 bits per heavy atom. The van der Waals surface area contributed by atoms with Crippen LogP contribution in [0.15, 0.2) is 0 Å². The summed E-state index contributed by atoms with van der Waals surface area (Å²) >= 11 is 3.83. The lowest BCUT2D eigenvalue weighted by Crippen LogP contribution is -2.08. The minimum Gasteiger partial charge on any atom is -0.378 e. The van der Waals surface area contributed by atoms with Gasteiger partial charge in [0.25, 0.3) is 0 Å². The molecule has 0 aromatic heterocycles. The average Bonchev–Trinajstić information content (AvgIpc) is 2.21. The van der Waals surface area contributed by atoms with Crippen molar-refractivity contribution in [2.24, 2.45) is 0 Å². The molecule has 0 aliphatic rings. The van der Waals surface area contributed by atoms with E-state index in [1.165, 1.54) is 11.5 Å². The molecule has 2 nitrogen and oxygen atoms in total. The zero-order valence-electron chi connectivity index (χ0n) is 9.29. The van der Waals surface area contributed by atoms with Crippen molar-refractivity contribution in [3.8, 4) is 0 Å². The van der Waals surface area contributed by atoms with Crippen LogP contribution in [-0.2, 0) is 9.47 Å². The number of thioether (sulfide) groups is 2. The highest BCUT2D eigenvalue weighted by molar-refractivity contribution is 7.99. The first-order chi connectivity index (χ1) is 6.91. The van der Waals surface area contributed by atoms with Crippen LogP contribution in [0.4, 0.5) is 0 Å². The van der Waals surface area contributed by atoms with Gasteiger partial charge >= 0.3 is 0 Å². The fraction of sp³-hybridized carbons (Fsp3) is 1.00. The molecule has 0 rings (SSSR count). The molecule has 0 aromatic carbocycles. The summed E-state index contributed by atoms with van der Waals surface area (Å²) in [6.07, 6.45) is 0. The second-order valence-corrected chi connectivity index (χ2v) is 5.41. The van der Waals surface area contributed by atoms with Gasteiger partial charge in [-0.2, -0.15) is 23.5 Å². The van der Waals surface area contributed by atoms with Gasteiger partial charge in [-0.1, -0.05) is 13.8 Å². The Hall–Kier alpha value is 0.620. The van der Waals surface area contributed by atoms with Gasteiger partial charge in [-0.25, -0.2) is 0 Å². The summed E-state index contributed by atoms with van der Waals surface area (Å²) in [6, 6.07) is 0. The Balaban J connectivity index is 2.78. The Bertz CT molecular complexity index is 90.1. The number of rotatable bonds is 11. The second kappa shape index (κ2) is 13.6. The van der Waals surface area contributed by atoms with E-state index in [4.69, 9.17) is 9.47 Å². The first-order valence-corrected chi connectivity index (χ1v) is 7.53. The lowest BCUT2D eigenvalue weighted by molar-refractivity contribution is 0.0605. The van der Waals surface area contributed by atoms with E-state index in [2.05, 4.69) is 13.8 Å². The lowest BCUT2D eigenvalue weighted by Gasteiger charge is -2.04. The lowest BCUT2D eigenvalue weighted by atomic mass is 10.7. The van der Waals surface area contributed by atoms with Gasteiger partial charge in [-0.05, 0) is 11.5 Å². The number of hydrogen-bond donors (Lipinski definition) is 0. The Morgan fingerprint density at radius 3 is 1.50 bits per heavy atom. The average molecular weight is 238 g/mol. The zero-order valence-corrected chi connectivity index (χ0v) is 10.9. The molecule has 0 amide bonds.